The van der Waals surface area contributed by atoms with E-state index in [1.165, 1.54) is 0 Å². The molecule has 0 aliphatic carbocycles. The minimum atomic E-state index is -0.304. The number of fused-ring (bicyclic) bond motifs is 3. The molecule has 1 aliphatic heterocycles. The lowest BCUT2D eigenvalue weighted by Gasteiger charge is -2.12. The van der Waals surface area contributed by atoms with Gasteiger partial charge in [0.05, 0.1) is 6.10 Å². The average Bonchev–Trinajstić information content (AvgIpc) is 3.07. The largest absolute Gasteiger partial charge is 0.423 e. The van der Waals surface area contributed by atoms with Crippen LogP contribution in [0.4, 0.5) is 0 Å². The molecular formula is C19H19NO3. The summed E-state index contributed by atoms with van der Waals surface area (Å²) in [6.07, 6.45) is 2.53. The minimum Gasteiger partial charge on any atom is -0.423 e. The van der Waals surface area contributed by atoms with Gasteiger partial charge in [0.1, 0.15) is 5.58 Å². The molecule has 1 aromatic heterocycles. The van der Waals surface area contributed by atoms with Crippen molar-refractivity contribution in [3.8, 4) is 0 Å². The van der Waals surface area contributed by atoms with Crippen LogP contribution < -0.4 is 10.9 Å². The topological polar surface area (TPSA) is 51.5 Å². The number of benzene rings is 2. The van der Waals surface area contributed by atoms with Gasteiger partial charge in [-0.25, -0.2) is 4.79 Å². The predicted octanol–water partition coefficient (Wildman–Crippen LogP) is 3.21. The monoisotopic (exact) mass is 309 g/mol. The van der Waals surface area contributed by atoms with E-state index in [1.54, 1.807) is 6.07 Å². The van der Waals surface area contributed by atoms with Crippen LogP contribution in [0.3, 0.4) is 0 Å². The first-order valence-electron chi connectivity index (χ1n) is 8.08. The maximum absolute atomic E-state index is 11.8. The van der Waals surface area contributed by atoms with Crippen molar-refractivity contribution in [2.24, 2.45) is 0 Å². The predicted molar refractivity (Wildman–Crippen MR) is 90.7 cm³/mol. The summed E-state index contributed by atoms with van der Waals surface area (Å²) in [6, 6.07) is 13.6. The van der Waals surface area contributed by atoms with E-state index < -0.39 is 0 Å². The molecule has 0 radical (unpaired) electrons. The first-order valence-corrected chi connectivity index (χ1v) is 8.08. The van der Waals surface area contributed by atoms with Crippen molar-refractivity contribution in [1.29, 1.82) is 0 Å². The van der Waals surface area contributed by atoms with Crippen molar-refractivity contribution in [2.45, 2.75) is 25.5 Å². The fourth-order valence-corrected chi connectivity index (χ4v) is 3.33. The molecule has 23 heavy (non-hydrogen) atoms. The van der Waals surface area contributed by atoms with Crippen LogP contribution in [-0.2, 0) is 11.3 Å². The third-order valence-electron chi connectivity index (χ3n) is 4.43. The fraction of sp³-hybridized carbons (Fsp3) is 0.316. The first kappa shape index (κ1) is 14.4. The van der Waals surface area contributed by atoms with E-state index in [-0.39, 0.29) is 11.7 Å². The lowest BCUT2D eigenvalue weighted by Crippen LogP contribution is -2.26. The van der Waals surface area contributed by atoms with Crippen LogP contribution in [0.5, 0.6) is 0 Å². The number of hydrogen-bond acceptors (Lipinski definition) is 4. The summed E-state index contributed by atoms with van der Waals surface area (Å²) in [6.45, 7) is 2.30. The highest BCUT2D eigenvalue weighted by molar-refractivity contribution is 6.07. The maximum Gasteiger partial charge on any atom is 0.336 e. The van der Waals surface area contributed by atoms with Crippen LogP contribution in [0.2, 0.25) is 0 Å². The van der Waals surface area contributed by atoms with E-state index in [0.29, 0.717) is 12.1 Å². The van der Waals surface area contributed by atoms with Gasteiger partial charge in [0.2, 0.25) is 0 Å². The molecule has 1 unspecified atom stereocenters. The van der Waals surface area contributed by atoms with Gasteiger partial charge in [-0.3, -0.25) is 0 Å². The molecule has 4 heteroatoms. The molecule has 118 valence electrons. The summed E-state index contributed by atoms with van der Waals surface area (Å²) in [7, 11) is 0. The molecule has 0 amide bonds. The van der Waals surface area contributed by atoms with E-state index in [4.69, 9.17) is 9.15 Å². The summed E-state index contributed by atoms with van der Waals surface area (Å²) < 4.78 is 11.0. The lowest BCUT2D eigenvalue weighted by atomic mass is 10.0. The summed E-state index contributed by atoms with van der Waals surface area (Å²) in [5.74, 6) is 0. The highest BCUT2D eigenvalue weighted by atomic mass is 16.5. The zero-order valence-electron chi connectivity index (χ0n) is 12.9. The van der Waals surface area contributed by atoms with Gasteiger partial charge < -0.3 is 14.5 Å². The van der Waals surface area contributed by atoms with Crippen LogP contribution in [0, 0.1) is 0 Å². The van der Waals surface area contributed by atoms with Gasteiger partial charge >= 0.3 is 5.63 Å². The third kappa shape index (κ3) is 2.87. The Morgan fingerprint density at radius 1 is 1.17 bits per heavy atom. The summed E-state index contributed by atoms with van der Waals surface area (Å²) in [4.78, 5) is 11.8. The molecule has 0 spiro atoms. The second kappa shape index (κ2) is 6.14. The van der Waals surface area contributed by atoms with E-state index in [2.05, 4.69) is 17.4 Å². The van der Waals surface area contributed by atoms with Crippen molar-refractivity contribution >= 4 is 21.7 Å². The molecule has 1 atom stereocenters. The van der Waals surface area contributed by atoms with E-state index >= 15 is 0 Å². The summed E-state index contributed by atoms with van der Waals surface area (Å²) >= 11 is 0. The molecule has 1 fully saturated rings. The summed E-state index contributed by atoms with van der Waals surface area (Å²) in [5, 5.41) is 6.70. The van der Waals surface area contributed by atoms with Crippen LogP contribution in [0.1, 0.15) is 18.4 Å². The first-order chi connectivity index (χ1) is 11.3. The molecule has 2 aromatic carbocycles. The molecule has 0 saturated carbocycles. The Morgan fingerprint density at radius 3 is 2.96 bits per heavy atom. The minimum absolute atomic E-state index is 0.290. The number of rotatable bonds is 4. The SMILES string of the molecule is O=c1cc(CNCC2CCCO2)c2c(ccc3ccccc32)o1. The Balaban J connectivity index is 1.71. The van der Waals surface area contributed by atoms with E-state index in [1.807, 2.05) is 24.3 Å². The average molecular weight is 309 g/mol. The van der Waals surface area contributed by atoms with Gasteiger partial charge in [0, 0.05) is 31.1 Å². The number of hydrogen-bond donors (Lipinski definition) is 1. The van der Waals surface area contributed by atoms with Gasteiger partial charge in [-0.1, -0.05) is 30.3 Å². The second-order valence-corrected chi connectivity index (χ2v) is 6.02. The lowest BCUT2D eigenvalue weighted by molar-refractivity contribution is 0.110. The van der Waals surface area contributed by atoms with Crippen LogP contribution in [0.25, 0.3) is 21.7 Å². The van der Waals surface area contributed by atoms with Crippen molar-refractivity contribution in [3.05, 3.63) is 58.4 Å². The highest BCUT2D eigenvalue weighted by Gasteiger charge is 2.15. The summed E-state index contributed by atoms with van der Waals surface area (Å²) in [5.41, 5.74) is 1.32. The molecule has 4 rings (SSSR count). The smallest absolute Gasteiger partial charge is 0.336 e. The van der Waals surface area contributed by atoms with Gasteiger partial charge in [-0.15, -0.1) is 0 Å². The standard InChI is InChI=1S/C19H19NO3/c21-18-10-14(11-20-12-15-5-3-9-22-15)19-16-6-2-1-4-13(16)7-8-17(19)23-18/h1-2,4,6-8,10,15,20H,3,5,9,11-12H2. The maximum atomic E-state index is 11.8. The Labute approximate surface area is 134 Å². The van der Waals surface area contributed by atoms with Crippen molar-refractivity contribution in [3.63, 3.8) is 0 Å². The molecule has 3 aromatic rings. The van der Waals surface area contributed by atoms with E-state index in [0.717, 1.165) is 47.7 Å². The molecule has 1 saturated heterocycles. The second-order valence-electron chi connectivity index (χ2n) is 6.02. The zero-order valence-corrected chi connectivity index (χ0v) is 12.9. The molecule has 1 N–H and O–H groups in total. The Hall–Kier alpha value is -2.17. The van der Waals surface area contributed by atoms with E-state index in [9.17, 15) is 4.79 Å². The quantitative estimate of drug-likeness (QED) is 0.594. The van der Waals surface area contributed by atoms with Gasteiger partial charge in [-0.2, -0.15) is 0 Å². The van der Waals surface area contributed by atoms with Gasteiger partial charge in [-0.05, 0) is 35.2 Å². The van der Waals surface area contributed by atoms with Crippen molar-refractivity contribution in [1.82, 2.24) is 5.32 Å². The molecular weight excluding hydrogens is 290 g/mol. The normalized spacial score (nSPS) is 18.0. The Morgan fingerprint density at radius 2 is 2.09 bits per heavy atom. The zero-order chi connectivity index (χ0) is 15.6. The molecule has 1 aliphatic rings. The Bertz CT molecular complexity index is 894. The number of ether oxygens (including phenoxy) is 1. The fourth-order valence-electron chi connectivity index (χ4n) is 3.33. The van der Waals surface area contributed by atoms with Gasteiger partial charge in [0.25, 0.3) is 0 Å². The molecule has 4 nitrogen and oxygen atoms in total. The highest BCUT2D eigenvalue weighted by Crippen LogP contribution is 2.27. The van der Waals surface area contributed by atoms with Crippen LogP contribution in [0.15, 0.2) is 51.7 Å². The van der Waals surface area contributed by atoms with Crippen LogP contribution >= 0.6 is 0 Å². The van der Waals surface area contributed by atoms with Gasteiger partial charge in [0.15, 0.2) is 0 Å². The van der Waals surface area contributed by atoms with Crippen molar-refractivity contribution < 1.29 is 9.15 Å². The van der Waals surface area contributed by atoms with Crippen LogP contribution in [-0.4, -0.2) is 19.3 Å². The molecule has 0 bridgehead atoms. The Kier molecular flexibility index (Phi) is 3.85. The van der Waals surface area contributed by atoms with Crippen molar-refractivity contribution in [2.75, 3.05) is 13.2 Å². The molecule has 2 heterocycles. The number of nitrogens with one attached hydrogen (secondary N) is 1. The third-order valence-corrected chi connectivity index (χ3v) is 4.43.